The molecule has 10 nitrogen and oxygen atoms in total. The Hall–Kier alpha value is -2.13. The van der Waals surface area contributed by atoms with E-state index in [1.165, 1.54) is 26.2 Å². The van der Waals surface area contributed by atoms with E-state index in [4.69, 9.17) is 20.1 Å². The average Bonchev–Trinajstić information content (AvgIpc) is 2.64. The lowest BCUT2D eigenvalue weighted by Gasteiger charge is -2.11. The molecule has 2 aromatic rings. The van der Waals surface area contributed by atoms with E-state index in [1.807, 2.05) is 5.32 Å². The van der Waals surface area contributed by atoms with Crippen LogP contribution in [0.4, 0.5) is 19.5 Å². The van der Waals surface area contributed by atoms with Crippen molar-refractivity contribution in [2.45, 2.75) is 29.0 Å². The summed E-state index contributed by atoms with van der Waals surface area (Å²) in [7, 11) is 1.20. The van der Waals surface area contributed by atoms with Crippen LogP contribution in [0.15, 0.2) is 28.0 Å². The number of hydrogen-bond acceptors (Lipinski definition) is 8. The van der Waals surface area contributed by atoms with Crippen LogP contribution in [0.1, 0.15) is 17.2 Å². The summed E-state index contributed by atoms with van der Waals surface area (Å²) in [6.07, 6.45) is 0. The zero-order valence-corrected chi connectivity index (χ0v) is 17.5. The molecule has 0 saturated carbocycles. The Morgan fingerprint density at radius 1 is 1.14 bits per heavy atom. The van der Waals surface area contributed by atoms with Gasteiger partial charge < -0.3 is 0 Å². The van der Waals surface area contributed by atoms with E-state index in [0.29, 0.717) is 0 Å². The van der Waals surface area contributed by atoms with Crippen molar-refractivity contribution in [3.05, 3.63) is 35.4 Å². The van der Waals surface area contributed by atoms with Crippen LogP contribution in [-0.2, 0) is 36.0 Å². The minimum Gasteiger partial charge on any atom is -0.290 e. The molecule has 0 aliphatic carbocycles. The molecule has 0 spiro atoms. The Balaban J connectivity index is 2.08. The average molecular weight is 470 g/mol. The first kappa shape index (κ1) is 23.2. The van der Waals surface area contributed by atoms with E-state index in [1.54, 1.807) is 18.5 Å². The molecule has 0 aliphatic heterocycles. The van der Waals surface area contributed by atoms with Gasteiger partial charge >= 0.3 is 11.4 Å². The van der Waals surface area contributed by atoms with Gasteiger partial charge in [0.1, 0.15) is 5.82 Å². The summed E-state index contributed by atoms with van der Waals surface area (Å²) in [4.78, 5) is 22.3. The smallest absolute Gasteiger partial charge is 0.290 e. The maximum atomic E-state index is 13.1. The van der Waals surface area contributed by atoms with Gasteiger partial charge in [-0.3, -0.25) is 9.50 Å². The Morgan fingerprint density at radius 3 is 2.45 bits per heavy atom. The van der Waals surface area contributed by atoms with Crippen LogP contribution in [0.3, 0.4) is 0 Å². The molecule has 2 amide bonds. The van der Waals surface area contributed by atoms with Crippen LogP contribution in [0, 0.1) is 13.8 Å². The molecule has 1 heterocycles. The van der Waals surface area contributed by atoms with E-state index < -0.39 is 45.3 Å². The third-order valence-electron chi connectivity index (χ3n) is 3.05. The van der Waals surface area contributed by atoms with Gasteiger partial charge in [-0.2, -0.15) is 23.0 Å². The number of halogens is 3. The van der Waals surface area contributed by atoms with Crippen LogP contribution in [0.2, 0.25) is 0 Å². The van der Waals surface area contributed by atoms with Crippen molar-refractivity contribution in [1.82, 2.24) is 20.4 Å². The number of benzene rings is 1. The molecule has 1 aromatic carbocycles. The summed E-state index contributed by atoms with van der Waals surface area (Å²) in [5.74, 6) is -1.71. The molecule has 2 N–H and O–H groups in total. The third-order valence-corrected chi connectivity index (χ3v) is 5.29. The van der Waals surface area contributed by atoms with Crippen molar-refractivity contribution in [1.29, 1.82) is 0 Å². The van der Waals surface area contributed by atoms with Gasteiger partial charge in [0.2, 0.25) is 22.9 Å². The molecule has 0 radical (unpaired) electrons. The van der Waals surface area contributed by atoms with Gasteiger partial charge in [0.15, 0.2) is 11.1 Å². The second kappa shape index (κ2) is 9.58. The normalized spacial score (nSPS) is 13.6. The van der Waals surface area contributed by atoms with Crippen molar-refractivity contribution < 1.29 is 30.5 Å². The van der Waals surface area contributed by atoms with Gasteiger partial charge in [-0.25, -0.2) is 23.7 Å². The first-order valence-corrected chi connectivity index (χ1v) is 10.1. The number of rotatable bonds is 7. The highest BCUT2D eigenvalue weighted by Gasteiger charge is 2.33. The van der Waals surface area contributed by atoms with Gasteiger partial charge in [-0.15, -0.1) is 0 Å². The van der Waals surface area contributed by atoms with Crippen molar-refractivity contribution in [3.63, 3.8) is 0 Å². The van der Waals surface area contributed by atoms with E-state index in [-0.39, 0.29) is 15.6 Å². The van der Waals surface area contributed by atoms with Gasteiger partial charge in [-0.05, 0) is 43.1 Å². The zero-order chi connectivity index (χ0) is 21.8. The second-order valence-corrected chi connectivity index (χ2v) is 8.05. The SMILES string of the molecule is COS(=O)c1cc(C)ccc1S(=O)ONC(=O)Nc1nc(C)nc(C(F)(F)Cl)n1. The standard InChI is InChI=1S/C14H14ClF2N5O5S2/c1-7-4-5-9(10(6-7)28(24)26-3)29(25)27-22-13(23)21-12-19-8(2)18-11(20-12)14(15,16)17/h4-6H,1-3H3,(H2,18,19,20,21,22,23). The van der Waals surface area contributed by atoms with Gasteiger partial charge in [-0.1, -0.05) is 6.07 Å². The molecule has 15 heteroatoms. The molecule has 158 valence electrons. The predicted octanol–water partition coefficient (Wildman–Crippen LogP) is 2.22. The molecule has 1 aromatic heterocycles. The fraction of sp³-hybridized carbons (Fsp3) is 0.286. The summed E-state index contributed by atoms with van der Waals surface area (Å²) in [5.41, 5.74) is 2.53. The van der Waals surface area contributed by atoms with Crippen LogP contribution in [0.5, 0.6) is 0 Å². The van der Waals surface area contributed by atoms with E-state index in [2.05, 4.69) is 15.0 Å². The number of nitrogens with one attached hydrogen (secondary N) is 2. The number of aryl methyl sites for hydroxylation is 2. The summed E-state index contributed by atoms with van der Waals surface area (Å²) >= 11 is 0.688. The number of nitrogens with zero attached hydrogens (tertiary/aromatic N) is 3. The highest BCUT2D eigenvalue weighted by molar-refractivity contribution is 7.83. The number of amides is 2. The van der Waals surface area contributed by atoms with Crippen LogP contribution in [0.25, 0.3) is 0 Å². The largest absolute Gasteiger partial charge is 0.381 e. The number of urea groups is 1. The minimum atomic E-state index is -3.86. The Kier molecular flexibility index (Phi) is 7.65. The fourth-order valence-corrected chi connectivity index (χ4v) is 3.72. The van der Waals surface area contributed by atoms with E-state index in [0.717, 1.165) is 5.56 Å². The molecule has 29 heavy (non-hydrogen) atoms. The molecular weight excluding hydrogens is 456 g/mol. The van der Waals surface area contributed by atoms with E-state index >= 15 is 0 Å². The first-order valence-electron chi connectivity index (χ1n) is 7.54. The van der Waals surface area contributed by atoms with Crippen LogP contribution >= 0.6 is 11.6 Å². The third kappa shape index (κ3) is 6.43. The van der Waals surface area contributed by atoms with Crippen molar-refractivity contribution in [3.8, 4) is 0 Å². The summed E-state index contributed by atoms with van der Waals surface area (Å²) in [6.45, 7) is 3.02. The minimum absolute atomic E-state index is 0.00356. The molecule has 2 unspecified atom stereocenters. The zero-order valence-electron chi connectivity index (χ0n) is 15.1. The number of aromatic nitrogens is 3. The highest BCUT2D eigenvalue weighted by atomic mass is 35.5. The molecule has 0 aliphatic rings. The molecule has 2 rings (SSSR count). The number of carbonyl (C=O) groups is 1. The van der Waals surface area contributed by atoms with Crippen molar-refractivity contribution in [2.75, 3.05) is 12.4 Å². The lowest BCUT2D eigenvalue weighted by Crippen LogP contribution is -2.31. The molecular formula is C14H14ClF2N5O5S2. The van der Waals surface area contributed by atoms with Gasteiger partial charge in [0, 0.05) is 0 Å². The number of hydrogen-bond donors (Lipinski definition) is 2. The van der Waals surface area contributed by atoms with Crippen molar-refractivity contribution >= 4 is 45.7 Å². The van der Waals surface area contributed by atoms with Crippen LogP contribution in [-0.4, -0.2) is 36.5 Å². The molecule has 0 fully saturated rings. The number of anilines is 1. The topological polar surface area (TPSA) is 132 Å². The van der Waals surface area contributed by atoms with Crippen molar-refractivity contribution in [2.24, 2.45) is 0 Å². The summed E-state index contributed by atoms with van der Waals surface area (Å²) in [6, 6.07) is 3.35. The number of hydroxylamine groups is 1. The monoisotopic (exact) mass is 469 g/mol. The summed E-state index contributed by atoms with van der Waals surface area (Å²) in [5, 5.41) is -1.85. The Morgan fingerprint density at radius 2 is 1.83 bits per heavy atom. The number of carbonyl (C=O) groups excluding carboxylic acids is 1. The maximum absolute atomic E-state index is 13.1. The lowest BCUT2D eigenvalue weighted by molar-refractivity contribution is 0.0840. The lowest BCUT2D eigenvalue weighted by atomic mass is 10.2. The first-order chi connectivity index (χ1) is 13.5. The Bertz CT molecular complexity index is 976. The maximum Gasteiger partial charge on any atom is 0.381 e. The van der Waals surface area contributed by atoms with E-state index in [9.17, 15) is 22.0 Å². The molecule has 2 atom stereocenters. The Labute approximate surface area is 173 Å². The van der Waals surface area contributed by atoms with Gasteiger partial charge in [0.25, 0.3) is 0 Å². The molecule has 0 bridgehead atoms. The quantitative estimate of drug-likeness (QED) is 0.466. The van der Waals surface area contributed by atoms with Crippen LogP contribution < -0.4 is 10.8 Å². The number of alkyl halides is 3. The highest BCUT2D eigenvalue weighted by Crippen LogP contribution is 2.29. The van der Waals surface area contributed by atoms with Gasteiger partial charge in [0.05, 0.1) is 16.9 Å². The predicted molar refractivity (Wildman–Crippen MR) is 98.6 cm³/mol. The second-order valence-electron chi connectivity index (χ2n) is 5.25. The fourth-order valence-electron chi connectivity index (χ4n) is 1.89. The molecule has 0 saturated heterocycles. The summed E-state index contributed by atoms with van der Waals surface area (Å²) < 4.78 is 60.0.